The largest absolute Gasteiger partial charge is 0.457 e. The summed E-state index contributed by atoms with van der Waals surface area (Å²) in [5.74, 6) is 0. The molecule has 0 atom stereocenters. The van der Waals surface area contributed by atoms with E-state index in [1.54, 1.807) is 0 Å². The number of unbranched alkanes of at least 4 members (excludes halogenated alkanes) is 1. The highest BCUT2D eigenvalue weighted by molar-refractivity contribution is 4.46. The van der Waals surface area contributed by atoms with Crippen molar-refractivity contribution in [3.63, 3.8) is 0 Å². The Balaban J connectivity index is 3.07. The van der Waals surface area contributed by atoms with Crippen molar-refractivity contribution in [3.05, 3.63) is 0 Å². The van der Waals surface area contributed by atoms with E-state index in [1.165, 1.54) is 5.32 Å². The van der Waals surface area contributed by atoms with Crippen molar-refractivity contribution < 1.29 is 13.2 Å². The van der Waals surface area contributed by atoms with E-state index in [1.807, 2.05) is 6.92 Å². The maximum atomic E-state index is 11.3. The average molecular weight is 141 g/mol. The maximum absolute atomic E-state index is 11.3. The third-order valence-electron chi connectivity index (χ3n) is 0.856. The molecule has 0 aliphatic rings. The normalized spacial score (nSPS) is 12.0. The highest BCUT2D eigenvalue weighted by atomic mass is 19.4. The number of halogens is 3. The molecule has 9 heavy (non-hydrogen) atoms. The van der Waals surface area contributed by atoms with Crippen LogP contribution in [0.15, 0.2) is 0 Å². The predicted octanol–water partition coefficient (Wildman–Crippen LogP) is 1.90. The van der Waals surface area contributed by atoms with Gasteiger partial charge in [-0.3, -0.25) is 0 Å². The van der Waals surface area contributed by atoms with E-state index >= 15 is 0 Å². The monoisotopic (exact) mass is 141 g/mol. The van der Waals surface area contributed by atoms with E-state index < -0.39 is 6.30 Å². The zero-order valence-corrected chi connectivity index (χ0v) is 5.26. The Kier molecular flexibility index (Phi) is 3.61. The number of alkyl halides is 3. The zero-order valence-electron chi connectivity index (χ0n) is 5.26. The van der Waals surface area contributed by atoms with Crippen LogP contribution in [-0.4, -0.2) is 12.8 Å². The highest BCUT2D eigenvalue weighted by Gasteiger charge is 2.25. The van der Waals surface area contributed by atoms with Gasteiger partial charge < -0.3 is 0 Å². The van der Waals surface area contributed by atoms with Gasteiger partial charge in [-0.25, -0.2) is 5.32 Å². The quantitative estimate of drug-likeness (QED) is 0.467. The second-order valence-electron chi connectivity index (χ2n) is 1.78. The third-order valence-corrected chi connectivity index (χ3v) is 0.856. The lowest BCUT2D eigenvalue weighted by Gasteiger charge is -2.05. The summed E-state index contributed by atoms with van der Waals surface area (Å²) in [4.78, 5) is 0. The van der Waals surface area contributed by atoms with Crippen LogP contribution >= 0.6 is 0 Å². The third kappa shape index (κ3) is 7.75. The number of hydrogen-bond donors (Lipinski definition) is 1. The van der Waals surface area contributed by atoms with E-state index in [2.05, 4.69) is 0 Å². The highest BCUT2D eigenvalue weighted by Crippen LogP contribution is 2.08. The minimum absolute atomic E-state index is 0.0278. The lowest BCUT2D eigenvalue weighted by atomic mass is 10.3. The number of hydrogen-bond acceptors (Lipinski definition) is 1. The summed E-state index contributed by atoms with van der Waals surface area (Å²) in [6.07, 6.45) is -2.85. The standard InChI is InChI=1S/C5H10F3N/c1-2-3-4-9-5(6,7)8/h9H,2-4H2,1H3. The van der Waals surface area contributed by atoms with Crippen LogP contribution in [0.1, 0.15) is 19.8 Å². The van der Waals surface area contributed by atoms with E-state index in [0.29, 0.717) is 6.42 Å². The Morgan fingerprint density at radius 3 is 2.22 bits per heavy atom. The maximum Gasteiger partial charge on any atom is 0.457 e. The van der Waals surface area contributed by atoms with Gasteiger partial charge in [-0.1, -0.05) is 13.3 Å². The van der Waals surface area contributed by atoms with Crippen LogP contribution in [0.25, 0.3) is 0 Å². The molecule has 1 nitrogen and oxygen atoms in total. The molecule has 0 aromatic heterocycles. The molecule has 1 N–H and O–H groups in total. The summed E-state index contributed by atoms with van der Waals surface area (Å²) < 4.78 is 33.8. The van der Waals surface area contributed by atoms with Crippen molar-refractivity contribution in [2.24, 2.45) is 0 Å². The molecule has 0 radical (unpaired) electrons. The van der Waals surface area contributed by atoms with Crippen molar-refractivity contribution in [3.8, 4) is 0 Å². The van der Waals surface area contributed by atoms with Gasteiger partial charge in [0, 0.05) is 6.54 Å². The Bertz CT molecular complexity index is 69.1. The summed E-state index contributed by atoms with van der Waals surface area (Å²) in [6, 6.07) is 0. The van der Waals surface area contributed by atoms with Gasteiger partial charge in [0.2, 0.25) is 0 Å². The molecule has 0 saturated heterocycles. The van der Waals surface area contributed by atoms with Gasteiger partial charge in [0.25, 0.3) is 0 Å². The molecule has 0 unspecified atom stereocenters. The van der Waals surface area contributed by atoms with Crippen molar-refractivity contribution in [2.45, 2.75) is 26.1 Å². The Morgan fingerprint density at radius 2 is 1.89 bits per heavy atom. The molecule has 0 bridgehead atoms. The molecular formula is C5H10F3N. The van der Waals surface area contributed by atoms with Crippen molar-refractivity contribution in [1.29, 1.82) is 0 Å². The fourth-order valence-electron chi connectivity index (χ4n) is 0.407. The SMILES string of the molecule is CCCCNC(F)(F)F. The summed E-state index contributed by atoms with van der Waals surface area (Å²) >= 11 is 0. The average Bonchev–Trinajstić information content (AvgIpc) is 1.63. The first-order chi connectivity index (χ1) is 4.06. The van der Waals surface area contributed by atoms with E-state index in [0.717, 1.165) is 6.42 Å². The minimum Gasteiger partial charge on any atom is -0.228 e. The lowest BCUT2D eigenvalue weighted by Crippen LogP contribution is -2.32. The van der Waals surface area contributed by atoms with Crippen LogP contribution < -0.4 is 5.32 Å². The smallest absolute Gasteiger partial charge is 0.228 e. The molecule has 0 aliphatic heterocycles. The number of rotatable bonds is 3. The van der Waals surface area contributed by atoms with Crippen LogP contribution in [0.4, 0.5) is 13.2 Å². The van der Waals surface area contributed by atoms with Gasteiger partial charge in [-0.2, -0.15) is 13.2 Å². The molecule has 0 saturated carbocycles. The molecule has 0 amide bonds. The van der Waals surface area contributed by atoms with Gasteiger partial charge in [0.1, 0.15) is 0 Å². The van der Waals surface area contributed by atoms with Crippen molar-refractivity contribution >= 4 is 0 Å². The summed E-state index contributed by atoms with van der Waals surface area (Å²) in [7, 11) is 0. The second-order valence-corrected chi connectivity index (χ2v) is 1.78. The Hall–Kier alpha value is -0.250. The first-order valence-corrected chi connectivity index (χ1v) is 2.88. The fourth-order valence-corrected chi connectivity index (χ4v) is 0.407. The molecule has 4 heteroatoms. The Labute approximate surface area is 52.2 Å². The number of nitrogens with one attached hydrogen (secondary N) is 1. The summed E-state index contributed by atoms with van der Waals surface area (Å²) in [5, 5.41) is 1.42. The minimum atomic E-state index is -4.20. The topological polar surface area (TPSA) is 12.0 Å². The molecule has 0 aliphatic carbocycles. The van der Waals surface area contributed by atoms with E-state index in [4.69, 9.17) is 0 Å². The van der Waals surface area contributed by atoms with Crippen LogP contribution in [-0.2, 0) is 0 Å². The molecule has 56 valence electrons. The molecule has 0 rings (SSSR count). The van der Waals surface area contributed by atoms with Gasteiger partial charge >= 0.3 is 6.30 Å². The molecule has 0 heterocycles. The molecule has 0 fully saturated rings. The fraction of sp³-hybridized carbons (Fsp3) is 1.00. The van der Waals surface area contributed by atoms with Crippen molar-refractivity contribution in [2.75, 3.05) is 6.54 Å². The molecule has 0 aromatic carbocycles. The van der Waals surface area contributed by atoms with Crippen LogP contribution in [0, 0.1) is 0 Å². The van der Waals surface area contributed by atoms with Gasteiger partial charge in [-0.15, -0.1) is 0 Å². The zero-order chi connectivity index (χ0) is 7.33. The van der Waals surface area contributed by atoms with Gasteiger partial charge in [-0.05, 0) is 6.42 Å². The van der Waals surface area contributed by atoms with Crippen LogP contribution in [0.5, 0.6) is 0 Å². The molecular weight excluding hydrogens is 131 g/mol. The molecule has 0 aromatic rings. The molecule has 0 spiro atoms. The Morgan fingerprint density at radius 1 is 1.33 bits per heavy atom. The van der Waals surface area contributed by atoms with Crippen LogP contribution in [0.2, 0.25) is 0 Å². The first-order valence-electron chi connectivity index (χ1n) is 2.88. The van der Waals surface area contributed by atoms with E-state index in [-0.39, 0.29) is 6.54 Å². The van der Waals surface area contributed by atoms with E-state index in [9.17, 15) is 13.2 Å². The van der Waals surface area contributed by atoms with Gasteiger partial charge in [0.05, 0.1) is 0 Å². The summed E-state index contributed by atoms with van der Waals surface area (Å²) in [5.41, 5.74) is 0. The van der Waals surface area contributed by atoms with Crippen molar-refractivity contribution in [1.82, 2.24) is 5.32 Å². The predicted molar refractivity (Wildman–Crippen MR) is 29.0 cm³/mol. The van der Waals surface area contributed by atoms with Gasteiger partial charge in [0.15, 0.2) is 0 Å². The summed E-state index contributed by atoms with van der Waals surface area (Å²) in [6.45, 7) is 1.87. The van der Waals surface area contributed by atoms with Crippen LogP contribution in [0.3, 0.4) is 0 Å². The second kappa shape index (κ2) is 3.71. The first kappa shape index (κ1) is 8.75. The lowest BCUT2D eigenvalue weighted by molar-refractivity contribution is -0.156.